The predicted octanol–water partition coefficient (Wildman–Crippen LogP) is 3.33. The van der Waals surface area contributed by atoms with E-state index in [-0.39, 0.29) is 23.5 Å². The lowest BCUT2D eigenvalue weighted by molar-refractivity contribution is -0.134. The van der Waals surface area contributed by atoms with E-state index in [1.165, 1.54) is 6.20 Å². The van der Waals surface area contributed by atoms with Crippen LogP contribution in [0.1, 0.15) is 47.8 Å². The molecular formula is C11H14F3NO2. The van der Waals surface area contributed by atoms with Gasteiger partial charge in [-0.25, -0.2) is 4.79 Å². The fraction of sp³-hybridized carbons (Fsp3) is 0.545. The van der Waals surface area contributed by atoms with Crippen molar-refractivity contribution in [3.8, 4) is 0 Å². The van der Waals surface area contributed by atoms with Gasteiger partial charge in [-0.3, -0.25) is 0 Å². The lowest BCUT2D eigenvalue weighted by Crippen LogP contribution is -2.11. The summed E-state index contributed by atoms with van der Waals surface area (Å²) in [5.41, 5.74) is 0.745. The number of carbonyl (C=O) groups is 1. The highest BCUT2D eigenvalue weighted by Gasteiger charge is 2.29. The third-order valence-corrected chi connectivity index (χ3v) is 2.49. The molecule has 0 spiro atoms. The zero-order valence-corrected chi connectivity index (χ0v) is 9.56. The van der Waals surface area contributed by atoms with Gasteiger partial charge >= 0.3 is 12.1 Å². The van der Waals surface area contributed by atoms with E-state index in [1.54, 1.807) is 13.8 Å². The van der Waals surface area contributed by atoms with E-state index in [9.17, 15) is 18.0 Å². The molecule has 1 aromatic heterocycles. The molecule has 2 N–H and O–H groups in total. The first-order valence-electron chi connectivity index (χ1n) is 5.22. The second kappa shape index (κ2) is 4.81. The number of aromatic amines is 1. The molecule has 0 unspecified atom stereocenters. The molecule has 0 atom stereocenters. The summed E-state index contributed by atoms with van der Waals surface area (Å²) in [6.45, 7) is 3.60. The highest BCUT2D eigenvalue weighted by molar-refractivity contribution is 5.89. The van der Waals surface area contributed by atoms with Crippen LogP contribution < -0.4 is 0 Å². The van der Waals surface area contributed by atoms with Crippen molar-refractivity contribution in [2.24, 2.45) is 0 Å². The topological polar surface area (TPSA) is 53.1 Å². The molecule has 96 valence electrons. The van der Waals surface area contributed by atoms with Crippen LogP contribution in [0, 0.1) is 0 Å². The molecule has 3 nitrogen and oxygen atoms in total. The summed E-state index contributed by atoms with van der Waals surface area (Å²) in [4.78, 5) is 13.6. The van der Waals surface area contributed by atoms with Gasteiger partial charge in [-0.1, -0.05) is 13.8 Å². The quantitative estimate of drug-likeness (QED) is 0.859. The average Bonchev–Trinajstić information content (AvgIpc) is 2.56. The molecule has 0 aliphatic carbocycles. The van der Waals surface area contributed by atoms with E-state index in [1.807, 2.05) is 0 Å². The molecule has 1 aromatic rings. The summed E-state index contributed by atoms with van der Waals surface area (Å²) in [7, 11) is 0. The Bertz CT molecular complexity index is 407. The molecule has 17 heavy (non-hydrogen) atoms. The smallest absolute Gasteiger partial charge is 0.389 e. The van der Waals surface area contributed by atoms with Gasteiger partial charge < -0.3 is 10.1 Å². The maximum absolute atomic E-state index is 12.2. The van der Waals surface area contributed by atoms with Crippen LogP contribution in [0.25, 0.3) is 0 Å². The zero-order chi connectivity index (χ0) is 13.2. The van der Waals surface area contributed by atoms with Crippen LogP contribution >= 0.6 is 0 Å². The van der Waals surface area contributed by atoms with Crippen molar-refractivity contribution in [3.05, 3.63) is 23.0 Å². The molecule has 0 saturated heterocycles. The number of carboxylic acid groups (broad SMARTS) is 1. The highest BCUT2D eigenvalue weighted by Crippen LogP contribution is 2.28. The maximum atomic E-state index is 12.2. The first-order chi connectivity index (χ1) is 7.72. The average molecular weight is 249 g/mol. The molecule has 0 bridgehead atoms. The minimum absolute atomic E-state index is 0.0358. The van der Waals surface area contributed by atoms with Crippen molar-refractivity contribution in [2.75, 3.05) is 0 Å². The molecule has 6 heteroatoms. The van der Waals surface area contributed by atoms with Crippen molar-refractivity contribution < 1.29 is 23.1 Å². The number of carboxylic acids is 1. The number of rotatable bonds is 4. The first-order valence-corrected chi connectivity index (χ1v) is 5.22. The number of alkyl halides is 3. The van der Waals surface area contributed by atoms with Crippen LogP contribution in [-0.4, -0.2) is 22.2 Å². The van der Waals surface area contributed by atoms with E-state index in [0.29, 0.717) is 5.69 Å². The number of aromatic nitrogens is 1. The van der Waals surface area contributed by atoms with Gasteiger partial charge in [0.25, 0.3) is 0 Å². The number of nitrogens with one attached hydrogen (secondary N) is 1. The predicted molar refractivity (Wildman–Crippen MR) is 56.2 cm³/mol. The third kappa shape index (κ3) is 3.51. The molecule has 0 saturated carbocycles. The Hall–Kier alpha value is -1.46. The lowest BCUT2D eigenvalue weighted by atomic mass is 9.99. The summed E-state index contributed by atoms with van der Waals surface area (Å²) in [6, 6.07) is 0. The van der Waals surface area contributed by atoms with E-state index < -0.39 is 18.6 Å². The summed E-state index contributed by atoms with van der Waals surface area (Å²) in [5.74, 6) is -1.24. The minimum atomic E-state index is -4.28. The van der Waals surface area contributed by atoms with E-state index in [2.05, 4.69) is 4.98 Å². The van der Waals surface area contributed by atoms with E-state index in [4.69, 9.17) is 5.11 Å². The Balaban J connectivity index is 3.01. The molecule has 1 heterocycles. The minimum Gasteiger partial charge on any atom is -0.478 e. The summed E-state index contributed by atoms with van der Waals surface area (Å²) in [5, 5.41) is 8.89. The Kier molecular flexibility index (Phi) is 3.85. The van der Waals surface area contributed by atoms with E-state index in [0.717, 1.165) is 0 Å². The van der Waals surface area contributed by atoms with Gasteiger partial charge in [0, 0.05) is 18.3 Å². The van der Waals surface area contributed by atoms with Crippen molar-refractivity contribution in [1.82, 2.24) is 4.98 Å². The highest BCUT2D eigenvalue weighted by atomic mass is 19.4. The van der Waals surface area contributed by atoms with Crippen LogP contribution in [0.4, 0.5) is 13.2 Å². The van der Waals surface area contributed by atoms with Crippen LogP contribution in [-0.2, 0) is 6.42 Å². The normalized spacial score (nSPS) is 12.1. The van der Waals surface area contributed by atoms with Crippen molar-refractivity contribution in [3.63, 3.8) is 0 Å². The van der Waals surface area contributed by atoms with Crippen molar-refractivity contribution in [2.45, 2.75) is 38.8 Å². The standard InChI is InChI=1S/C11H14F3NO2/c1-6(2)9-7(3-4-11(12,13)14)8(5-15-9)10(16)17/h5-6,15H,3-4H2,1-2H3,(H,16,17). The second-order valence-corrected chi connectivity index (χ2v) is 4.17. The summed E-state index contributed by atoms with van der Waals surface area (Å²) < 4.78 is 36.5. The molecular weight excluding hydrogens is 235 g/mol. The molecule has 0 fully saturated rings. The molecule has 0 radical (unpaired) electrons. The zero-order valence-electron chi connectivity index (χ0n) is 9.56. The van der Waals surface area contributed by atoms with Crippen LogP contribution in [0.3, 0.4) is 0 Å². The maximum Gasteiger partial charge on any atom is 0.389 e. The SMILES string of the molecule is CC(C)c1[nH]cc(C(=O)O)c1CCC(F)(F)F. The van der Waals surface area contributed by atoms with Gasteiger partial charge in [-0.2, -0.15) is 13.2 Å². The number of hydrogen-bond donors (Lipinski definition) is 2. The monoisotopic (exact) mass is 249 g/mol. The summed E-state index contributed by atoms with van der Waals surface area (Å²) in [6.07, 6.45) is -4.34. The van der Waals surface area contributed by atoms with E-state index >= 15 is 0 Å². The van der Waals surface area contributed by atoms with Gasteiger partial charge in [0.1, 0.15) is 0 Å². The number of H-pyrrole nitrogens is 1. The van der Waals surface area contributed by atoms with Crippen molar-refractivity contribution >= 4 is 5.97 Å². The lowest BCUT2D eigenvalue weighted by Gasteiger charge is -2.10. The Morgan fingerprint density at radius 1 is 1.47 bits per heavy atom. The Labute approximate surface area is 96.6 Å². The number of aromatic carboxylic acids is 1. The largest absolute Gasteiger partial charge is 0.478 e. The summed E-state index contributed by atoms with van der Waals surface area (Å²) >= 11 is 0. The number of halogens is 3. The van der Waals surface area contributed by atoms with Gasteiger partial charge in [0.05, 0.1) is 5.56 Å². The van der Waals surface area contributed by atoms with Gasteiger partial charge in [-0.05, 0) is 17.9 Å². The molecule has 0 aromatic carbocycles. The third-order valence-electron chi connectivity index (χ3n) is 2.49. The van der Waals surface area contributed by atoms with Crippen LogP contribution in [0.5, 0.6) is 0 Å². The molecule has 0 amide bonds. The van der Waals surface area contributed by atoms with Gasteiger partial charge in [-0.15, -0.1) is 0 Å². The fourth-order valence-electron chi connectivity index (χ4n) is 1.71. The molecule has 0 aliphatic rings. The fourth-order valence-corrected chi connectivity index (χ4v) is 1.71. The van der Waals surface area contributed by atoms with Crippen LogP contribution in [0.2, 0.25) is 0 Å². The van der Waals surface area contributed by atoms with Gasteiger partial charge in [0.15, 0.2) is 0 Å². The Morgan fingerprint density at radius 3 is 2.47 bits per heavy atom. The van der Waals surface area contributed by atoms with Gasteiger partial charge in [0.2, 0.25) is 0 Å². The van der Waals surface area contributed by atoms with Crippen molar-refractivity contribution in [1.29, 1.82) is 0 Å². The molecule has 0 aliphatic heterocycles. The number of hydrogen-bond acceptors (Lipinski definition) is 1. The Morgan fingerprint density at radius 2 is 2.06 bits per heavy atom. The molecule has 1 rings (SSSR count). The van der Waals surface area contributed by atoms with Crippen LogP contribution in [0.15, 0.2) is 6.20 Å². The second-order valence-electron chi connectivity index (χ2n) is 4.17. The first kappa shape index (κ1) is 13.6.